The summed E-state index contributed by atoms with van der Waals surface area (Å²) in [5.74, 6) is -1.51. The number of carbonyl (C=O) groups is 2. The number of nitrogens with zero attached hydrogens (tertiary/aromatic N) is 3. The third-order valence-corrected chi connectivity index (χ3v) is 4.43. The van der Waals surface area contributed by atoms with Crippen molar-refractivity contribution in [3.8, 4) is 11.5 Å². The number of nitro benzene ring substituents is 2. The molecule has 0 aliphatic heterocycles. The number of hydrazone groups is 1. The zero-order valence-electron chi connectivity index (χ0n) is 17.5. The number of ether oxygens (including phenoxy) is 2. The lowest BCUT2D eigenvalue weighted by atomic mass is 10.1. The summed E-state index contributed by atoms with van der Waals surface area (Å²) >= 11 is 0. The average Bonchev–Trinajstić information content (AvgIpc) is 2.84. The van der Waals surface area contributed by atoms with Crippen molar-refractivity contribution in [2.75, 3.05) is 7.11 Å². The molecule has 0 aliphatic carbocycles. The molecule has 0 atom stereocenters. The van der Waals surface area contributed by atoms with Crippen LogP contribution in [0.4, 0.5) is 11.4 Å². The van der Waals surface area contributed by atoms with Gasteiger partial charge in [0, 0.05) is 29.3 Å². The zero-order chi connectivity index (χ0) is 24.7. The van der Waals surface area contributed by atoms with E-state index >= 15 is 0 Å². The normalized spacial score (nSPS) is 10.5. The van der Waals surface area contributed by atoms with Gasteiger partial charge in [0.25, 0.3) is 11.6 Å². The van der Waals surface area contributed by atoms with Crippen molar-refractivity contribution in [1.29, 1.82) is 0 Å². The molecule has 1 N–H and O–H groups in total. The highest BCUT2D eigenvalue weighted by molar-refractivity contribution is 5.97. The predicted octanol–water partition coefficient (Wildman–Crippen LogP) is 3.49. The fraction of sp³-hybridized carbons (Fsp3) is 0.0455. The van der Waals surface area contributed by atoms with Gasteiger partial charge in [-0.2, -0.15) is 5.10 Å². The maximum absolute atomic E-state index is 12.6. The van der Waals surface area contributed by atoms with E-state index in [0.717, 1.165) is 24.4 Å². The van der Waals surface area contributed by atoms with Crippen molar-refractivity contribution < 1.29 is 28.9 Å². The second kappa shape index (κ2) is 10.5. The fourth-order valence-corrected chi connectivity index (χ4v) is 2.76. The largest absolute Gasteiger partial charge is 0.497 e. The number of benzene rings is 3. The SMILES string of the molecule is COc1cccc(C(=O)Oc2c(/C=N/NC(=O)c3ccc([N+](=O)[O-])cc3)cccc2[N+](=O)[O-])c1. The summed E-state index contributed by atoms with van der Waals surface area (Å²) in [6.07, 6.45) is 1.07. The number of amides is 1. The summed E-state index contributed by atoms with van der Waals surface area (Å²) in [6, 6.07) is 14.8. The molecule has 0 aliphatic rings. The number of hydrogen-bond donors (Lipinski definition) is 1. The van der Waals surface area contributed by atoms with E-state index in [2.05, 4.69) is 10.5 Å². The Morgan fingerprint density at radius 3 is 2.29 bits per heavy atom. The first-order valence-corrected chi connectivity index (χ1v) is 9.51. The van der Waals surface area contributed by atoms with Gasteiger partial charge in [-0.1, -0.05) is 12.1 Å². The lowest BCUT2D eigenvalue weighted by molar-refractivity contribution is -0.385. The number of carbonyl (C=O) groups excluding carboxylic acids is 2. The van der Waals surface area contributed by atoms with E-state index in [9.17, 15) is 29.8 Å². The molecule has 0 fully saturated rings. The summed E-state index contributed by atoms with van der Waals surface area (Å²) < 4.78 is 10.4. The Hall–Kier alpha value is -5.13. The van der Waals surface area contributed by atoms with Gasteiger partial charge in [0.2, 0.25) is 5.75 Å². The Labute approximate surface area is 191 Å². The number of para-hydroxylation sites is 1. The molecule has 0 saturated carbocycles. The van der Waals surface area contributed by atoms with Gasteiger partial charge < -0.3 is 9.47 Å². The summed E-state index contributed by atoms with van der Waals surface area (Å²) in [7, 11) is 1.42. The quantitative estimate of drug-likeness (QED) is 0.174. The van der Waals surface area contributed by atoms with E-state index in [1.54, 1.807) is 12.1 Å². The van der Waals surface area contributed by atoms with Crippen molar-refractivity contribution >= 4 is 29.5 Å². The van der Waals surface area contributed by atoms with Gasteiger partial charge in [-0.15, -0.1) is 0 Å². The summed E-state index contributed by atoms with van der Waals surface area (Å²) in [5, 5.41) is 25.9. The second-order valence-corrected chi connectivity index (χ2v) is 6.58. The molecule has 34 heavy (non-hydrogen) atoms. The minimum Gasteiger partial charge on any atom is -0.497 e. The lowest BCUT2D eigenvalue weighted by Gasteiger charge is -2.09. The van der Waals surface area contributed by atoms with Crippen molar-refractivity contribution in [3.63, 3.8) is 0 Å². The molecule has 0 bridgehead atoms. The molecule has 3 aromatic rings. The molecule has 12 nitrogen and oxygen atoms in total. The molecule has 3 rings (SSSR count). The number of nitro groups is 2. The van der Waals surface area contributed by atoms with Gasteiger partial charge in [-0.25, -0.2) is 10.2 Å². The Morgan fingerprint density at radius 2 is 1.65 bits per heavy atom. The van der Waals surface area contributed by atoms with Crippen molar-refractivity contribution in [3.05, 3.63) is 104 Å². The van der Waals surface area contributed by atoms with E-state index in [1.165, 1.54) is 43.5 Å². The first-order valence-electron chi connectivity index (χ1n) is 9.51. The first-order chi connectivity index (χ1) is 16.3. The van der Waals surface area contributed by atoms with E-state index in [0.29, 0.717) is 5.75 Å². The van der Waals surface area contributed by atoms with E-state index in [1.807, 2.05) is 0 Å². The molecule has 0 unspecified atom stereocenters. The number of methoxy groups -OCH3 is 1. The number of esters is 1. The standard InChI is InChI=1S/C22H16N4O8/c1-33-18-6-2-4-15(12-18)22(28)34-20-16(5-3-7-19(20)26(31)32)13-23-24-21(27)14-8-10-17(11-9-14)25(29)30/h2-13H,1H3,(H,24,27)/b23-13+. The molecule has 172 valence electrons. The number of nitrogens with one attached hydrogen (secondary N) is 1. The Morgan fingerprint density at radius 1 is 0.941 bits per heavy atom. The number of non-ortho nitro benzene ring substituents is 1. The third kappa shape index (κ3) is 5.56. The molecule has 0 aromatic heterocycles. The van der Waals surface area contributed by atoms with Gasteiger partial charge in [-0.3, -0.25) is 25.0 Å². The minimum atomic E-state index is -0.863. The third-order valence-electron chi connectivity index (χ3n) is 4.43. The fourth-order valence-electron chi connectivity index (χ4n) is 2.76. The van der Waals surface area contributed by atoms with Crippen LogP contribution in [0.3, 0.4) is 0 Å². The van der Waals surface area contributed by atoms with Crippen LogP contribution in [0.25, 0.3) is 0 Å². The van der Waals surface area contributed by atoms with Crippen LogP contribution in [0.1, 0.15) is 26.3 Å². The average molecular weight is 464 g/mol. The smallest absolute Gasteiger partial charge is 0.343 e. The van der Waals surface area contributed by atoms with Crippen LogP contribution < -0.4 is 14.9 Å². The first kappa shape index (κ1) is 23.5. The van der Waals surface area contributed by atoms with Crippen LogP contribution in [-0.4, -0.2) is 35.0 Å². The van der Waals surface area contributed by atoms with Gasteiger partial charge in [0.05, 0.1) is 28.7 Å². The summed E-state index contributed by atoms with van der Waals surface area (Å²) in [6.45, 7) is 0. The number of hydrogen-bond acceptors (Lipinski definition) is 9. The zero-order valence-corrected chi connectivity index (χ0v) is 17.5. The highest BCUT2D eigenvalue weighted by atomic mass is 16.6. The highest BCUT2D eigenvalue weighted by Crippen LogP contribution is 2.31. The Bertz CT molecular complexity index is 1290. The number of rotatable bonds is 8. The highest BCUT2D eigenvalue weighted by Gasteiger charge is 2.22. The van der Waals surface area contributed by atoms with Crippen LogP contribution in [-0.2, 0) is 0 Å². The van der Waals surface area contributed by atoms with Crippen molar-refractivity contribution in [2.45, 2.75) is 0 Å². The van der Waals surface area contributed by atoms with Gasteiger partial charge in [0.15, 0.2) is 0 Å². The van der Waals surface area contributed by atoms with Crippen molar-refractivity contribution in [2.24, 2.45) is 5.10 Å². The topological polar surface area (TPSA) is 163 Å². The van der Waals surface area contributed by atoms with Crippen LogP contribution in [0.2, 0.25) is 0 Å². The van der Waals surface area contributed by atoms with Crippen LogP contribution >= 0.6 is 0 Å². The van der Waals surface area contributed by atoms with Gasteiger partial charge >= 0.3 is 11.7 Å². The Balaban J connectivity index is 1.82. The van der Waals surface area contributed by atoms with E-state index in [-0.39, 0.29) is 28.1 Å². The van der Waals surface area contributed by atoms with Crippen LogP contribution in [0.15, 0.2) is 71.8 Å². The minimum absolute atomic E-state index is 0.0504. The molecule has 1 amide bonds. The lowest BCUT2D eigenvalue weighted by Crippen LogP contribution is -2.17. The van der Waals surface area contributed by atoms with Gasteiger partial charge in [0.1, 0.15) is 5.75 Å². The van der Waals surface area contributed by atoms with E-state index in [4.69, 9.17) is 9.47 Å². The van der Waals surface area contributed by atoms with Crippen molar-refractivity contribution in [1.82, 2.24) is 5.43 Å². The summed E-state index contributed by atoms with van der Waals surface area (Å²) in [4.78, 5) is 45.6. The summed E-state index contributed by atoms with van der Waals surface area (Å²) in [5.41, 5.74) is 1.80. The second-order valence-electron chi connectivity index (χ2n) is 6.58. The van der Waals surface area contributed by atoms with Gasteiger partial charge in [-0.05, 0) is 36.4 Å². The predicted molar refractivity (Wildman–Crippen MR) is 119 cm³/mol. The molecular formula is C22H16N4O8. The maximum atomic E-state index is 12.6. The monoisotopic (exact) mass is 464 g/mol. The Kier molecular flexibility index (Phi) is 7.24. The molecular weight excluding hydrogens is 448 g/mol. The maximum Gasteiger partial charge on any atom is 0.343 e. The molecule has 0 spiro atoms. The molecule has 0 heterocycles. The van der Waals surface area contributed by atoms with Crippen LogP contribution in [0.5, 0.6) is 11.5 Å². The molecule has 0 saturated heterocycles. The molecule has 12 heteroatoms. The van der Waals surface area contributed by atoms with E-state index < -0.39 is 27.4 Å². The molecule has 3 aromatic carbocycles. The molecule has 0 radical (unpaired) electrons. The van der Waals surface area contributed by atoms with Crippen LogP contribution in [0, 0.1) is 20.2 Å².